The molecule has 5 heteroatoms. The number of nitrogens with zero attached hydrogens (tertiary/aromatic N) is 1. The van der Waals surface area contributed by atoms with E-state index in [1.54, 1.807) is 14.2 Å². The third-order valence-electron chi connectivity index (χ3n) is 4.07. The minimum atomic E-state index is 0.699. The summed E-state index contributed by atoms with van der Waals surface area (Å²) in [5, 5.41) is 6.68. The summed E-state index contributed by atoms with van der Waals surface area (Å²) in [7, 11) is 3.40. The van der Waals surface area contributed by atoms with Gasteiger partial charge in [-0.3, -0.25) is 4.99 Å². The van der Waals surface area contributed by atoms with Gasteiger partial charge in [0.25, 0.3) is 0 Å². The summed E-state index contributed by atoms with van der Waals surface area (Å²) >= 11 is 0. The molecule has 0 radical (unpaired) electrons. The molecule has 2 N–H and O–H groups in total. The fourth-order valence-corrected chi connectivity index (χ4v) is 2.76. The van der Waals surface area contributed by atoms with Crippen LogP contribution in [0.5, 0.6) is 11.5 Å². The quantitative estimate of drug-likeness (QED) is 0.536. The monoisotopic (exact) mass is 355 g/mol. The number of hydrogen-bond acceptors (Lipinski definition) is 3. The molecule has 0 atom stereocenters. The molecule has 0 spiro atoms. The van der Waals surface area contributed by atoms with E-state index in [9.17, 15) is 0 Å². The van der Waals surface area contributed by atoms with E-state index in [0.717, 1.165) is 43.4 Å². The molecular formula is C21H29N3O2. The van der Waals surface area contributed by atoms with Crippen molar-refractivity contribution in [2.75, 3.05) is 33.9 Å². The van der Waals surface area contributed by atoms with Gasteiger partial charge in [-0.15, -0.1) is 0 Å². The Morgan fingerprint density at radius 1 is 0.846 bits per heavy atom. The highest BCUT2D eigenvalue weighted by Gasteiger charge is 2.04. The molecule has 0 aromatic heterocycles. The molecule has 0 saturated carbocycles. The summed E-state index contributed by atoms with van der Waals surface area (Å²) in [5.41, 5.74) is 2.36. The number of methoxy groups -OCH3 is 2. The van der Waals surface area contributed by atoms with Gasteiger partial charge in [-0.05, 0) is 43.0 Å². The Hall–Kier alpha value is -2.69. The summed E-state index contributed by atoms with van der Waals surface area (Å²) in [6.45, 7) is 4.39. The van der Waals surface area contributed by atoms with Crippen LogP contribution >= 0.6 is 0 Å². The number of guanidine groups is 1. The molecule has 0 heterocycles. The van der Waals surface area contributed by atoms with Gasteiger partial charge in [-0.25, -0.2) is 0 Å². The molecule has 0 aliphatic rings. The minimum Gasteiger partial charge on any atom is -0.496 e. The number of nitrogens with one attached hydrogen (secondary N) is 2. The third-order valence-corrected chi connectivity index (χ3v) is 4.07. The Morgan fingerprint density at radius 2 is 1.42 bits per heavy atom. The molecule has 0 aliphatic heterocycles. The van der Waals surface area contributed by atoms with Crippen LogP contribution in [0.25, 0.3) is 0 Å². The molecule has 2 aromatic rings. The van der Waals surface area contributed by atoms with E-state index in [2.05, 4.69) is 34.7 Å². The van der Waals surface area contributed by atoms with Crippen molar-refractivity contribution >= 4 is 5.96 Å². The molecule has 140 valence electrons. The van der Waals surface area contributed by atoms with Crippen LogP contribution in [0.2, 0.25) is 0 Å². The average molecular weight is 355 g/mol. The summed E-state index contributed by atoms with van der Waals surface area (Å²) in [6, 6.07) is 16.2. The van der Waals surface area contributed by atoms with Crippen molar-refractivity contribution in [1.29, 1.82) is 0 Å². The highest BCUT2D eigenvalue weighted by atomic mass is 16.5. The Balaban J connectivity index is 1.88. The van der Waals surface area contributed by atoms with Gasteiger partial charge in [0.2, 0.25) is 0 Å². The van der Waals surface area contributed by atoms with E-state index in [4.69, 9.17) is 9.47 Å². The number of para-hydroxylation sites is 2. The van der Waals surface area contributed by atoms with Gasteiger partial charge in [-0.1, -0.05) is 36.4 Å². The molecule has 2 rings (SSSR count). The van der Waals surface area contributed by atoms with E-state index in [-0.39, 0.29) is 0 Å². The molecule has 0 unspecified atom stereocenters. The average Bonchev–Trinajstić information content (AvgIpc) is 2.68. The zero-order valence-corrected chi connectivity index (χ0v) is 15.9. The summed E-state index contributed by atoms with van der Waals surface area (Å²) in [6.07, 6.45) is 1.72. The zero-order chi connectivity index (χ0) is 18.6. The van der Waals surface area contributed by atoms with Gasteiger partial charge < -0.3 is 20.1 Å². The minimum absolute atomic E-state index is 0.699. The van der Waals surface area contributed by atoms with Crippen LogP contribution in [-0.4, -0.2) is 39.8 Å². The predicted molar refractivity (Wildman–Crippen MR) is 107 cm³/mol. The first-order valence-electron chi connectivity index (χ1n) is 9.04. The maximum atomic E-state index is 5.40. The second kappa shape index (κ2) is 11.0. The maximum Gasteiger partial charge on any atom is 0.191 e. The number of hydrogen-bond donors (Lipinski definition) is 2. The molecular weight excluding hydrogens is 326 g/mol. The predicted octanol–water partition coefficient (Wildman–Crippen LogP) is 3.04. The molecule has 0 bridgehead atoms. The van der Waals surface area contributed by atoms with E-state index in [0.29, 0.717) is 6.54 Å². The van der Waals surface area contributed by atoms with Crippen LogP contribution in [0.3, 0.4) is 0 Å². The first kappa shape index (κ1) is 19.6. The molecule has 0 aliphatic carbocycles. The summed E-state index contributed by atoms with van der Waals surface area (Å²) < 4.78 is 10.8. The zero-order valence-electron chi connectivity index (χ0n) is 15.9. The number of benzene rings is 2. The van der Waals surface area contributed by atoms with Crippen molar-refractivity contribution in [1.82, 2.24) is 10.6 Å². The van der Waals surface area contributed by atoms with Gasteiger partial charge in [0.15, 0.2) is 5.96 Å². The fraction of sp³-hybridized carbons (Fsp3) is 0.381. The number of aliphatic imine (C=N–C) groups is 1. The van der Waals surface area contributed by atoms with Crippen molar-refractivity contribution in [3.8, 4) is 11.5 Å². The SMILES string of the molecule is CCNC(=NCCc1ccccc1OC)NCCc1ccccc1OC. The van der Waals surface area contributed by atoms with E-state index >= 15 is 0 Å². The van der Waals surface area contributed by atoms with Gasteiger partial charge in [0, 0.05) is 19.6 Å². The first-order valence-corrected chi connectivity index (χ1v) is 9.04. The van der Waals surface area contributed by atoms with Crippen molar-refractivity contribution in [3.63, 3.8) is 0 Å². The van der Waals surface area contributed by atoms with Crippen molar-refractivity contribution in [2.24, 2.45) is 4.99 Å². The van der Waals surface area contributed by atoms with Crippen molar-refractivity contribution in [2.45, 2.75) is 19.8 Å². The second-order valence-corrected chi connectivity index (χ2v) is 5.81. The maximum absolute atomic E-state index is 5.40. The normalized spacial score (nSPS) is 11.1. The van der Waals surface area contributed by atoms with E-state index in [1.165, 1.54) is 11.1 Å². The lowest BCUT2D eigenvalue weighted by Crippen LogP contribution is -2.38. The lowest BCUT2D eigenvalue weighted by molar-refractivity contribution is 0.409. The smallest absolute Gasteiger partial charge is 0.191 e. The fourth-order valence-electron chi connectivity index (χ4n) is 2.76. The Labute approximate surface area is 156 Å². The lowest BCUT2D eigenvalue weighted by atomic mass is 10.1. The summed E-state index contributed by atoms with van der Waals surface area (Å²) in [4.78, 5) is 4.67. The molecule has 5 nitrogen and oxygen atoms in total. The Morgan fingerprint density at radius 3 is 2.00 bits per heavy atom. The van der Waals surface area contributed by atoms with E-state index < -0.39 is 0 Å². The molecule has 0 fully saturated rings. The lowest BCUT2D eigenvalue weighted by Gasteiger charge is -2.13. The van der Waals surface area contributed by atoms with Gasteiger partial charge >= 0.3 is 0 Å². The molecule has 2 aromatic carbocycles. The topological polar surface area (TPSA) is 54.9 Å². The van der Waals surface area contributed by atoms with Crippen LogP contribution in [0.15, 0.2) is 53.5 Å². The van der Waals surface area contributed by atoms with Crippen LogP contribution in [-0.2, 0) is 12.8 Å². The van der Waals surface area contributed by atoms with E-state index in [1.807, 2.05) is 36.4 Å². The Kier molecular flexibility index (Phi) is 8.33. The Bertz CT molecular complexity index is 701. The molecule has 0 amide bonds. The number of rotatable bonds is 9. The van der Waals surface area contributed by atoms with Crippen LogP contribution < -0.4 is 20.1 Å². The highest BCUT2D eigenvalue weighted by molar-refractivity contribution is 5.79. The third kappa shape index (κ3) is 5.99. The van der Waals surface area contributed by atoms with Crippen molar-refractivity contribution < 1.29 is 9.47 Å². The second-order valence-electron chi connectivity index (χ2n) is 5.81. The van der Waals surface area contributed by atoms with Crippen molar-refractivity contribution in [3.05, 3.63) is 59.7 Å². The van der Waals surface area contributed by atoms with Gasteiger partial charge in [0.1, 0.15) is 11.5 Å². The highest BCUT2D eigenvalue weighted by Crippen LogP contribution is 2.18. The van der Waals surface area contributed by atoms with Crippen LogP contribution in [0.4, 0.5) is 0 Å². The largest absolute Gasteiger partial charge is 0.496 e. The van der Waals surface area contributed by atoms with Crippen LogP contribution in [0, 0.1) is 0 Å². The van der Waals surface area contributed by atoms with Gasteiger partial charge in [-0.2, -0.15) is 0 Å². The van der Waals surface area contributed by atoms with Crippen LogP contribution in [0.1, 0.15) is 18.1 Å². The molecule has 0 saturated heterocycles. The summed E-state index contributed by atoms with van der Waals surface area (Å²) in [5.74, 6) is 2.67. The standard InChI is InChI=1S/C21H29N3O2/c1-4-22-21(23-15-13-17-9-5-7-11-19(17)25-2)24-16-14-18-10-6-8-12-20(18)26-3/h5-12H,4,13-16H2,1-3H3,(H2,22,23,24). The number of ether oxygens (including phenoxy) is 2. The molecule has 26 heavy (non-hydrogen) atoms. The van der Waals surface area contributed by atoms with Gasteiger partial charge in [0.05, 0.1) is 14.2 Å². The first-order chi connectivity index (χ1) is 12.8.